The molecule has 0 saturated carbocycles. The third-order valence-corrected chi connectivity index (χ3v) is 1.56. The van der Waals surface area contributed by atoms with Gasteiger partial charge in [-0.2, -0.15) is 0 Å². The molecular weight excluding hydrogens is 279 g/mol. The van der Waals surface area contributed by atoms with E-state index in [1.807, 2.05) is 0 Å². The van der Waals surface area contributed by atoms with Crippen LogP contribution in [0.25, 0.3) is 0 Å². The second kappa shape index (κ2) is 24.9. The van der Waals surface area contributed by atoms with Gasteiger partial charge < -0.3 is 5.11 Å². The molecule has 96 valence electrons. The van der Waals surface area contributed by atoms with Gasteiger partial charge in [0, 0.05) is 24.0 Å². The number of halogens is 1. The fraction of sp³-hybridized carbons (Fsp3) is 0.250. The minimum atomic E-state index is -0.180. The van der Waals surface area contributed by atoms with Gasteiger partial charge in [-0.1, -0.05) is 18.2 Å². The minimum Gasteiger partial charge on any atom is 0 e. The van der Waals surface area contributed by atoms with Crippen molar-refractivity contribution >= 4 is 0 Å². The molecule has 0 aromatic heterocycles. The summed E-state index contributed by atoms with van der Waals surface area (Å²) in [7, 11) is 0. The zero-order valence-corrected chi connectivity index (χ0v) is 10.7. The van der Waals surface area contributed by atoms with Crippen molar-refractivity contribution in [1.29, 1.82) is 0 Å². The predicted octanol–water partition coefficient (Wildman–Crippen LogP) is 1.64. The molecular formula is C12H11CrFO4. The number of aliphatic hydroxyl groups excluding tert-OH is 1. The maximum Gasteiger partial charge on any atom is 0 e. The Morgan fingerprint density at radius 2 is 1.44 bits per heavy atom. The summed E-state index contributed by atoms with van der Waals surface area (Å²) in [5.74, 6) is -0.180. The van der Waals surface area contributed by atoms with Crippen molar-refractivity contribution in [3.63, 3.8) is 0 Å². The summed E-state index contributed by atoms with van der Waals surface area (Å²) in [4.78, 5) is 0. The van der Waals surface area contributed by atoms with Gasteiger partial charge in [0.1, 0.15) is 5.82 Å². The largest absolute Gasteiger partial charge is 0 e. The van der Waals surface area contributed by atoms with Gasteiger partial charge in [0.05, 0.1) is 0 Å². The summed E-state index contributed by atoms with van der Waals surface area (Å²) in [5, 5.41) is 8.50. The Kier molecular flexibility index (Phi) is 35.5. The first-order valence-electron chi connectivity index (χ1n) is 4.30. The second-order valence-electron chi connectivity index (χ2n) is 2.42. The molecule has 0 bridgehead atoms. The third-order valence-electron chi connectivity index (χ3n) is 1.56. The van der Waals surface area contributed by atoms with E-state index in [4.69, 9.17) is 19.1 Å². The number of rotatable bonds is 3. The summed E-state index contributed by atoms with van der Waals surface area (Å²) >= 11 is 0. The Balaban J connectivity index is -0.000000123. The van der Waals surface area contributed by atoms with Crippen molar-refractivity contribution in [2.24, 2.45) is 0 Å². The number of hydrogen-bond donors (Lipinski definition) is 1. The molecule has 6 heteroatoms. The second-order valence-corrected chi connectivity index (χ2v) is 2.42. The SMILES string of the molecule is OCCCc1ccccc1F.[C-]#[O+].[C-]#[O+].[C-]#[O+].[Cr]. The van der Waals surface area contributed by atoms with Crippen LogP contribution in [0.4, 0.5) is 4.39 Å². The maximum atomic E-state index is 12.8. The molecule has 4 nitrogen and oxygen atoms in total. The Hall–Kier alpha value is -1.14. The van der Waals surface area contributed by atoms with Crippen molar-refractivity contribution in [3.05, 3.63) is 55.6 Å². The van der Waals surface area contributed by atoms with E-state index in [0.717, 1.165) is 0 Å². The zero-order chi connectivity index (χ0) is 14.1. The maximum absolute atomic E-state index is 12.8. The average molecular weight is 290 g/mol. The Labute approximate surface area is 116 Å². The van der Waals surface area contributed by atoms with Gasteiger partial charge in [-0.15, -0.1) is 0 Å². The number of aliphatic hydroxyl groups is 1. The van der Waals surface area contributed by atoms with Crippen LogP contribution in [0.3, 0.4) is 0 Å². The molecule has 0 saturated heterocycles. The topological polar surface area (TPSA) is 79.9 Å². The van der Waals surface area contributed by atoms with E-state index in [-0.39, 0.29) is 29.8 Å². The van der Waals surface area contributed by atoms with E-state index in [1.165, 1.54) is 6.07 Å². The molecule has 0 unspecified atom stereocenters. The monoisotopic (exact) mass is 290 g/mol. The fourth-order valence-electron chi connectivity index (χ4n) is 0.971. The van der Waals surface area contributed by atoms with E-state index in [9.17, 15) is 4.39 Å². The Morgan fingerprint density at radius 1 is 1.00 bits per heavy atom. The first kappa shape index (κ1) is 25.6. The number of benzene rings is 1. The van der Waals surface area contributed by atoms with Crippen molar-refractivity contribution in [2.75, 3.05) is 6.61 Å². The summed E-state index contributed by atoms with van der Waals surface area (Å²) in [6, 6.07) is 6.64. The van der Waals surface area contributed by atoms with Crippen molar-refractivity contribution in [3.8, 4) is 0 Å². The normalized spacial score (nSPS) is 6.44. The van der Waals surface area contributed by atoms with Crippen LogP contribution in [-0.2, 0) is 37.7 Å². The Morgan fingerprint density at radius 3 is 1.83 bits per heavy atom. The molecule has 1 N–H and O–H groups in total. The third kappa shape index (κ3) is 14.9. The molecule has 0 atom stereocenters. The fourth-order valence-corrected chi connectivity index (χ4v) is 0.971. The summed E-state index contributed by atoms with van der Waals surface area (Å²) in [6.45, 7) is 13.6. The first-order valence-corrected chi connectivity index (χ1v) is 4.30. The van der Waals surface area contributed by atoms with Crippen molar-refractivity contribution < 1.29 is 40.8 Å². The molecule has 1 rings (SSSR count). The van der Waals surface area contributed by atoms with E-state index in [0.29, 0.717) is 18.4 Å². The summed E-state index contributed by atoms with van der Waals surface area (Å²) < 4.78 is 35.3. The standard InChI is InChI=1S/C9H11FO.3CO.Cr/c10-9-6-2-1-4-8(9)5-3-7-11;3*1-2;/h1-2,4,6,11H,3,5,7H2;;;;. The molecule has 0 amide bonds. The molecule has 0 aliphatic rings. The van der Waals surface area contributed by atoms with Crippen LogP contribution in [0.15, 0.2) is 24.3 Å². The van der Waals surface area contributed by atoms with Crippen LogP contribution < -0.4 is 0 Å². The Bertz CT molecular complexity index is 322. The van der Waals surface area contributed by atoms with Gasteiger partial charge >= 0.3 is 33.9 Å². The van der Waals surface area contributed by atoms with Gasteiger partial charge in [0.25, 0.3) is 0 Å². The van der Waals surface area contributed by atoms with Gasteiger partial charge in [0.2, 0.25) is 0 Å². The molecule has 18 heavy (non-hydrogen) atoms. The van der Waals surface area contributed by atoms with Crippen molar-refractivity contribution in [2.45, 2.75) is 12.8 Å². The van der Waals surface area contributed by atoms with Crippen LogP contribution in [-0.4, -0.2) is 11.7 Å². The van der Waals surface area contributed by atoms with Crippen molar-refractivity contribution in [1.82, 2.24) is 0 Å². The van der Waals surface area contributed by atoms with Crippen LogP contribution in [0.2, 0.25) is 0 Å². The van der Waals surface area contributed by atoms with E-state index >= 15 is 0 Å². The van der Waals surface area contributed by atoms with Gasteiger partial charge in [-0.05, 0) is 24.5 Å². The molecule has 1 aromatic carbocycles. The van der Waals surface area contributed by atoms with Crippen LogP contribution in [0, 0.1) is 25.8 Å². The number of aryl methyl sites for hydroxylation is 1. The molecule has 1 aromatic rings. The van der Waals surface area contributed by atoms with Crippen LogP contribution in [0.1, 0.15) is 12.0 Å². The number of hydrogen-bond acceptors (Lipinski definition) is 1. The molecule has 0 aliphatic carbocycles. The summed E-state index contributed by atoms with van der Waals surface area (Å²) in [5.41, 5.74) is 0.682. The molecule has 0 radical (unpaired) electrons. The zero-order valence-electron chi connectivity index (χ0n) is 9.39. The van der Waals surface area contributed by atoms with Gasteiger partial charge in [-0.25, -0.2) is 4.39 Å². The quantitative estimate of drug-likeness (QED) is 0.666. The summed E-state index contributed by atoms with van der Waals surface area (Å²) in [6.07, 6.45) is 1.24. The van der Waals surface area contributed by atoms with E-state index < -0.39 is 0 Å². The van der Waals surface area contributed by atoms with Gasteiger partial charge in [0.15, 0.2) is 0 Å². The predicted molar refractivity (Wildman–Crippen MR) is 53.6 cm³/mol. The van der Waals surface area contributed by atoms with E-state index in [1.54, 1.807) is 18.2 Å². The van der Waals surface area contributed by atoms with Crippen LogP contribution in [0.5, 0.6) is 0 Å². The van der Waals surface area contributed by atoms with Crippen LogP contribution >= 0.6 is 0 Å². The molecule has 0 fully saturated rings. The average Bonchev–Trinajstić information content (AvgIpc) is 2.45. The van der Waals surface area contributed by atoms with Gasteiger partial charge in [-0.3, -0.25) is 0 Å². The first-order chi connectivity index (χ1) is 8.34. The molecule has 0 aliphatic heterocycles. The minimum absolute atomic E-state index is 0. The van der Waals surface area contributed by atoms with E-state index in [2.05, 4.69) is 20.0 Å². The molecule has 0 spiro atoms. The smallest absolute Gasteiger partial charge is 0 e. The molecule has 0 heterocycles.